The Morgan fingerprint density at radius 2 is 1.94 bits per heavy atom. The molecule has 1 N–H and O–H groups in total. The zero-order valence-corrected chi connectivity index (χ0v) is 17.4. The average Bonchev–Trinajstić information content (AvgIpc) is 3.38. The first-order valence-corrected chi connectivity index (χ1v) is 10.2. The van der Waals surface area contributed by atoms with Gasteiger partial charge in [0, 0.05) is 19.2 Å². The second kappa shape index (κ2) is 8.60. The molecule has 10 heteroatoms. The van der Waals surface area contributed by atoms with E-state index in [9.17, 15) is 22.8 Å². The smallest absolute Gasteiger partial charge is 0.332 e. The van der Waals surface area contributed by atoms with Crippen molar-refractivity contribution in [3.05, 3.63) is 65.0 Å². The zero-order chi connectivity index (χ0) is 22.9. The third-order valence-corrected chi connectivity index (χ3v) is 5.53. The maximum Gasteiger partial charge on any atom is 0.417 e. The number of benzene rings is 1. The zero-order valence-electron chi connectivity index (χ0n) is 17.4. The molecule has 1 aromatic carbocycles. The normalized spacial score (nSPS) is 18.8. The number of hydrogen-bond acceptors (Lipinski definition) is 4. The summed E-state index contributed by atoms with van der Waals surface area (Å²) < 4.78 is 38.0. The van der Waals surface area contributed by atoms with Crippen LogP contribution in [0.15, 0.2) is 47.7 Å². The summed E-state index contributed by atoms with van der Waals surface area (Å²) in [6.45, 7) is 2.74. The summed E-state index contributed by atoms with van der Waals surface area (Å²) in [5.41, 5.74) is 2.00. The number of halogens is 3. The van der Waals surface area contributed by atoms with Crippen molar-refractivity contribution in [2.75, 3.05) is 13.1 Å². The van der Waals surface area contributed by atoms with E-state index in [-0.39, 0.29) is 25.0 Å². The van der Waals surface area contributed by atoms with Crippen molar-refractivity contribution in [3.8, 4) is 0 Å². The van der Waals surface area contributed by atoms with Crippen LogP contribution in [0.2, 0.25) is 0 Å². The molecule has 1 atom stereocenters. The van der Waals surface area contributed by atoms with E-state index in [2.05, 4.69) is 15.4 Å². The monoisotopic (exact) mass is 445 g/mol. The van der Waals surface area contributed by atoms with Crippen LogP contribution in [0.1, 0.15) is 35.2 Å². The van der Waals surface area contributed by atoms with Gasteiger partial charge in [-0.2, -0.15) is 18.3 Å². The maximum atomic E-state index is 12.7. The molecule has 1 unspecified atom stereocenters. The van der Waals surface area contributed by atoms with Crippen LogP contribution < -0.4 is 5.32 Å². The van der Waals surface area contributed by atoms with E-state index in [4.69, 9.17) is 0 Å². The van der Waals surface area contributed by atoms with Gasteiger partial charge in [-0.3, -0.25) is 9.78 Å². The van der Waals surface area contributed by atoms with Crippen molar-refractivity contribution >= 4 is 17.6 Å². The number of nitrogens with zero attached hydrogens (tertiary/aromatic N) is 4. The quantitative estimate of drug-likeness (QED) is 0.784. The first kappa shape index (κ1) is 21.8. The molecule has 1 aromatic heterocycles. The Morgan fingerprint density at radius 3 is 2.53 bits per heavy atom. The topological polar surface area (TPSA) is 77.9 Å². The van der Waals surface area contributed by atoms with Crippen molar-refractivity contribution in [1.82, 2.24) is 20.2 Å². The molecule has 1 saturated heterocycles. The van der Waals surface area contributed by atoms with Crippen molar-refractivity contribution in [3.63, 3.8) is 0 Å². The molecule has 3 amide bonds. The van der Waals surface area contributed by atoms with Gasteiger partial charge in [-0.05, 0) is 31.0 Å². The highest BCUT2D eigenvalue weighted by Crippen LogP contribution is 2.28. The Labute approximate surface area is 182 Å². The summed E-state index contributed by atoms with van der Waals surface area (Å²) in [5.74, 6) is 0.0334. The molecule has 3 heterocycles. The highest BCUT2D eigenvalue weighted by molar-refractivity contribution is 6.08. The van der Waals surface area contributed by atoms with Gasteiger partial charge in [0.05, 0.1) is 36.1 Å². The molecule has 1 fully saturated rings. The molecular weight excluding hydrogens is 423 g/mol. The Kier molecular flexibility index (Phi) is 5.86. The van der Waals surface area contributed by atoms with Crippen LogP contribution in [0.4, 0.5) is 18.0 Å². The number of carbonyl (C=O) groups excluding carboxylic acids is 2. The lowest BCUT2D eigenvalue weighted by atomic mass is 10.0. The molecule has 32 heavy (non-hydrogen) atoms. The number of hydrazone groups is 1. The Morgan fingerprint density at radius 1 is 1.19 bits per heavy atom. The number of alkyl halides is 3. The lowest BCUT2D eigenvalue weighted by Crippen LogP contribution is -2.45. The van der Waals surface area contributed by atoms with Gasteiger partial charge in [-0.1, -0.05) is 29.8 Å². The molecule has 2 aliphatic heterocycles. The van der Waals surface area contributed by atoms with Gasteiger partial charge in [0.25, 0.3) is 0 Å². The van der Waals surface area contributed by atoms with E-state index in [0.717, 1.165) is 29.8 Å². The number of nitrogens with one attached hydrogen (secondary N) is 1. The van der Waals surface area contributed by atoms with Crippen LogP contribution in [0, 0.1) is 6.92 Å². The van der Waals surface area contributed by atoms with Gasteiger partial charge in [0.15, 0.2) is 0 Å². The minimum Gasteiger partial charge on any atom is -0.332 e. The van der Waals surface area contributed by atoms with Crippen LogP contribution in [0.5, 0.6) is 0 Å². The summed E-state index contributed by atoms with van der Waals surface area (Å²) >= 11 is 0. The SMILES string of the molecule is Cc1ccc(C2=NN(C(=O)NCc3ccc(C(F)(F)F)cn3)CC2N2CCCC2=O)cc1. The third-order valence-electron chi connectivity index (χ3n) is 5.53. The first-order chi connectivity index (χ1) is 15.2. The number of amides is 3. The highest BCUT2D eigenvalue weighted by atomic mass is 19.4. The lowest BCUT2D eigenvalue weighted by molar-refractivity contribution is -0.137. The van der Waals surface area contributed by atoms with Gasteiger partial charge < -0.3 is 10.2 Å². The van der Waals surface area contributed by atoms with Crippen molar-refractivity contribution in [2.24, 2.45) is 5.10 Å². The fourth-order valence-electron chi connectivity index (χ4n) is 3.79. The number of aryl methyl sites for hydroxylation is 1. The Hall–Kier alpha value is -3.43. The standard InChI is InChI=1S/C22H22F3N5O2/c1-14-4-6-15(7-5-14)20-18(29-10-2-3-19(29)31)13-30(28-20)21(32)27-12-17-9-8-16(11-26-17)22(23,24)25/h4-9,11,18H,2-3,10,12-13H2,1H3,(H,27,32). The molecule has 0 spiro atoms. The molecular formula is C22H22F3N5O2. The minimum absolute atomic E-state index is 0.0334. The highest BCUT2D eigenvalue weighted by Gasteiger charge is 2.39. The minimum atomic E-state index is -4.46. The van der Waals surface area contributed by atoms with Crippen molar-refractivity contribution < 1.29 is 22.8 Å². The van der Waals surface area contributed by atoms with Gasteiger partial charge in [-0.15, -0.1) is 0 Å². The predicted molar refractivity (Wildman–Crippen MR) is 111 cm³/mol. The second-order valence-corrected chi connectivity index (χ2v) is 7.83. The van der Waals surface area contributed by atoms with Gasteiger partial charge in [0.1, 0.15) is 0 Å². The van der Waals surface area contributed by atoms with E-state index in [1.807, 2.05) is 31.2 Å². The van der Waals surface area contributed by atoms with Crippen LogP contribution >= 0.6 is 0 Å². The molecule has 0 bridgehead atoms. The Bertz CT molecular complexity index is 1040. The third kappa shape index (κ3) is 4.58. The van der Waals surface area contributed by atoms with Crippen LogP contribution in [-0.4, -0.2) is 51.7 Å². The summed E-state index contributed by atoms with van der Waals surface area (Å²) in [7, 11) is 0. The van der Waals surface area contributed by atoms with Gasteiger partial charge in [0.2, 0.25) is 5.91 Å². The largest absolute Gasteiger partial charge is 0.417 e. The number of urea groups is 1. The lowest BCUT2D eigenvalue weighted by Gasteiger charge is -2.25. The molecule has 2 aliphatic rings. The van der Waals surface area contributed by atoms with E-state index in [1.54, 1.807) is 4.90 Å². The number of hydrogen-bond donors (Lipinski definition) is 1. The number of aromatic nitrogens is 1. The van der Waals surface area contributed by atoms with Crippen LogP contribution in [0.25, 0.3) is 0 Å². The van der Waals surface area contributed by atoms with Crippen LogP contribution in [-0.2, 0) is 17.5 Å². The summed E-state index contributed by atoms with van der Waals surface area (Å²) in [5, 5.41) is 8.38. The summed E-state index contributed by atoms with van der Waals surface area (Å²) in [6.07, 6.45) is -2.49. The molecule has 4 rings (SSSR count). The van der Waals surface area contributed by atoms with Gasteiger partial charge in [-0.25, -0.2) is 9.80 Å². The summed E-state index contributed by atoms with van der Waals surface area (Å²) in [6, 6.07) is 9.00. The number of likely N-dealkylation sites (tertiary alicyclic amines) is 1. The summed E-state index contributed by atoms with van der Waals surface area (Å²) in [4.78, 5) is 30.6. The van der Waals surface area contributed by atoms with E-state index in [1.165, 1.54) is 11.1 Å². The molecule has 7 nitrogen and oxygen atoms in total. The second-order valence-electron chi connectivity index (χ2n) is 7.83. The fourth-order valence-corrected chi connectivity index (χ4v) is 3.79. The fraction of sp³-hybridized carbons (Fsp3) is 0.364. The molecule has 0 aliphatic carbocycles. The Balaban J connectivity index is 1.48. The maximum absolute atomic E-state index is 12.7. The average molecular weight is 445 g/mol. The first-order valence-electron chi connectivity index (χ1n) is 10.2. The predicted octanol–water partition coefficient (Wildman–Crippen LogP) is 3.33. The van der Waals surface area contributed by atoms with Gasteiger partial charge >= 0.3 is 12.2 Å². The van der Waals surface area contributed by atoms with E-state index >= 15 is 0 Å². The number of rotatable bonds is 4. The molecule has 2 aromatic rings. The number of carbonyl (C=O) groups is 2. The molecule has 168 valence electrons. The van der Waals surface area contributed by atoms with Crippen molar-refractivity contribution in [1.29, 1.82) is 0 Å². The van der Waals surface area contributed by atoms with Crippen molar-refractivity contribution in [2.45, 2.75) is 38.5 Å². The van der Waals surface area contributed by atoms with Crippen LogP contribution in [0.3, 0.4) is 0 Å². The molecule has 0 saturated carbocycles. The van der Waals surface area contributed by atoms with E-state index < -0.39 is 17.8 Å². The molecule has 0 radical (unpaired) electrons. The van der Waals surface area contributed by atoms with E-state index in [0.29, 0.717) is 24.4 Å². The number of pyridine rings is 1.